The Balaban J connectivity index is 0. The van der Waals surface area contributed by atoms with E-state index in [1.54, 1.807) is 7.05 Å². The van der Waals surface area contributed by atoms with Crippen molar-refractivity contribution in [2.45, 2.75) is 128 Å². The van der Waals surface area contributed by atoms with Crippen LogP contribution in [0.4, 0.5) is 0 Å². The monoisotopic (exact) mass is 423 g/mol. The minimum atomic E-state index is -1.23. The Labute approximate surface area is 168 Å². The summed E-state index contributed by atoms with van der Waals surface area (Å²) in [6, 6.07) is -0.170. The summed E-state index contributed by atoms with van der Waals surface area (Å²) in [6.07, 6.45) is 21.6. The van der Waals surface area contributed by atoms with E-state index in [4.69, 9.17) is 10.2 Å². The molecule has 0 heterocycles. The van der Waals surface area contributed by atoms with E-state index < -0.39 is 6.29 Å². The summed E-state index contributed by atoms with van der Waals surface area (Å²) in [5.41, 5.74) is 0. The Morgan fingerprint density at radius 3 is 1.20 bits per heavy atom. The lowest BCUT2D eigenvalue weighted by Gasteiger charge is -2.17. The molecule has 1 unspecified atom stereocenters. The maximum Gasteiger partial charge on any atom is 0.167 e. The molecule has 0 aliphatic carbocycles. The topological polar surface area (TPSA) is 52.5 Å². The van der Waals surface area contributed by atoms with Crippen molar-refractivity contribution in [3.63, 3.8) is 0 Å². The Bertz CT molecular complexity index is 240. The molecule has 0 fully saturated rings. The molecule has 0 aliphatic heterocycles. The highest BCUT2D eigenvalue weighted by Gasteiger charge is 2.12. The molecular formula is C21H46BrNO2. The van der Waals surface area contributed by atoms with Gasteiger partial charge >= 0.3 is 0 Å². The first kappa shape index (κ1) is 27.6. The van der Waals surface area contributed by atoms with Crippen LogP contribution < -0.4 is 5.32 Å². The standard InChI is InChI=1S/C21H45NO2.BrH/c1-3-4-5-6-7-8-9-10-11-12-13-14-15-16-17-18-19-20(22-2)21(23)24;/h20-24H,3-19H2,1-2H3;1H. The molecule has 0 bridgehead atoms. The van der Waals surface area contributed by atoms with Crippen LogP contribution in [-0.2, 0) is 0 Å². The average Bonchev–Trinajstić information content (AvgIpc) is 2.57. The van der Waals surface area contributed by atoms with E-state index in [1.165, 1.54) is 96.3 Å². The average molecular weight is 425 g/mol. The number of nitrogens with one attached hydrogen (secondary N) is 1. The van der Waals surface area contributed by atoms with E-state index in [0.717, 1.165) is 12.8 Å². The van der Waals surface area contributed by atoms with E-state index in [1.807, 2.05) is 0 Å². The lowest BCUT2D eigenvalue weighted by atomic mass is 10.0. The van der Waals surface area contributed by atoms with E-state index >= 15 is 0 Å². The van der Waals surface area contributed by atoms with Crippen molar-refractivity contribution in [2.24, 2.45) is 0 Å². The number of likely N-dealkylation sites (N-methyl/N-ethyl adjacent to an activating group) is 1. The van der Waals surface area contributed by atoms with E-state index in [-0.39, 0.29) is 23.0 Å². The molecule has 154 valence electrons. The first-order valence-corrected chi connectivity index (χ1v) is 10.8. The third-order valence-electron chi connectivity index (χ3n) is 5.10. The third kappa shape index (κ3) is 20.5. The molecule has 4 heteroatoms. The van der Waals surface area contributed by atoms with Crippen LogP contribution in [0.25, 0.3) is 0 Å². The molecule has 0 spiro atoms. The largest absolute Gasteiger partial charge is 0.367 e. The molecule has 3 N–H and O–H groups in total. The lowest BCUT2D eigenvalue weighted by Crippen LogP contribution is -2.37. The van der Waals surface area contributed by atoms with Gasteiger partial charge in [-0.1, -0.05) is 110 Å². The van der Waals surface area contributed by atoms with Crippen LogP contribution in [0.3, 0.4) is 0 Å². The Morgan fingerprint density at radius 1 is 0.600 bits per heavy atom. The van der Waals surface area contributed by atoms with Gasteiger partial charge in [-0.25, -0.2) is 0 Å². The number of aliphatic hydroxyl groups is 2. The van der Waals surface area contributed by atoms with Crippen molar-refractivity contribution in [1.29, 1.82) is 0 Å². The molecule has 3 nitrogen and oxygen atoms in total. The predicted molar refractivity (Wildman–Crippen MR) is 116 cm³/mol. The molecule has 0 saturated carbocycles. The van der Waals surface area contributed by atoms with Crippen LogP contribution in [0.5, 0.6) is 0 Å². The van der Waals surface area contributed by atoms with Crippen molar-refractivity contribution < 1.29 is 10.2 Å². The fourth-order valence-corrected chi connectivity index (χ4v) is 3.35. The second kappa shape index (κ2) is 22.4. The zero-order chi connectivity index (χ0) is 17.9. The molecule has 0 aromatic rings. The van der Waals surface area contributed by atoms with E-state index in [0.29, 0.717) is 0 Å². The number of aliphatic hydroxyl groups excluding tert-OH is 1. The number of halogens is 1. The Hall–Kier alpha value is 0.360. The molecule has 0 saturated heterocycles. The van der Waals surface area contributed by atoms with Crippen LogP contribution in [-0.4, -0.2) is 29.6 Å². The Kier molecular flexibility index (Phi) is 24.7. The van der Waals surface area contributed by atoms with E-state index in [9.17, 15) is 0 Å². The number of hydrogen-bond donors (Lipinski definition) is 3. The SMILES string of the molecule is Br.CCCCCCCCCCCCCCCCCCC(NC)C(O)O. The molecule has 0 rings (SSSR count). The molecule has 25 heavy (non-hydrogen) atoms. The number of unbranched alkanes of at least 4 members (excludes halogenated alkanes) is 15. The maximum absolute atomic E-state index is 9.13. The van der Waals surface area contributed by atoms with Crippen molar-refractivity contribution >= 4 is 17.0 Å². The van der Waals surface area contributed by atoms with Gasteiger partial charge < -0.3 is 15.5 Å². The van der Waals surface area contributed by atoms with Gasteiger partial charge in [0.25, 0.3) is 0 Å². The summed E-state index contributed by atoms with van der Waals surface area (Å²) in [7, 11) is 1.79. The van der Waals surface area contributed by atoms with Gasteiger partial charge in [-0.15, -0.1) is 17.0 Å². The maximum atomic E-state index is 9.13. The van der Waals surface area contributed by atoms with Gasteiger partial charge in [0.1, 0.15) is 0 Å². The quantitative estimate of drug-likeness (QED) is 0.173. The third-order valence-corrected chi connectivity index (χ3v) is 5.10. The van der Waals surface area contributed by atoms with E-state index in [2.05, 4.69) is 12.2 Å². The van der Waals surface area contributed by atoms with Gasteiger partial charge in [0.05, 0.1) is 6.04 Å². The molecule has 0 amide bonds. The van der Waals surface area contributed by atoms with Crippen LogP contribution >= 0.6 is 17.0 Å². The smallest absolute Gasteiger partial charge is 0.167 e. The van der Waals surface area contributed by atoms with Crippen molar-refractivity contribution in [1.82, 2.24) is 5.32 Å². The normalized spacial score (nSPS) is 12.4. The first-order chi connectivity index (χ1) is 11.7. The van der Waals surface area contributed by atoms with Gasteiger partial charge in [0.2, 0.25) is 0 Å². The predicted octanol–water partition coefficient (Wildman–Crippen LogP) is 6.11. The van der Waals surface area contributed by atoms with Crippen LogP contribution in [0, 0.1) is 0 Å². The van der Waals surface area contributed by atoms with Gasteiger partial charge in [-0.3, -0.25) is 0 Å². The molecule has 1 atom stereocenters. The van der Waals surface area contributed by atoms with Gasteiger partial charge in [-0.2, -0.15) is 0 Å². The van der Waals surface area contributed by atoms with Crippen LogP contribution in [0.15, 0.2) is 0 Å². The van der Waals surface area contributed by atoms with Crippen LogP contribution in [0.1, 0.15) is 116 Å². The van der Waals surface area contributed by atoms with Crippen molar-refractivity contribution in [2.75, 3.05) is 7.05 Å². The molecular weight excluding hydrogens is 378 g/mol. The van der Waals surface area contributed by atoms with Gasteiger partial charge in [-0.05, 0) is 13.5 Å². The highest BCUT2D eigenvalue weighted by Crippen LogP contribution is 2.14. The van der Waals surface area contributed by atoms with Gasteiger partial charge in [0.15, 0.2) is 6.29 Å². The highest BCUT2D eigenvalue weighted by atomic mass is 79.9. The lowest BCUT2D eigenvalue weighted by molar-refractivity contribution is -0.0674. The zero-order valence-electron chi connectivity index (χ0n) is 17.0. The fourth-order valence-electron chi connectivity index (χ4n) is 3.35. The minimum absolute atomic E-state index is 0. The summed E-state index contributed by atoms with van der Waals surface area (Å²) >= 11 is 0. The summed E-state index contributed by atoms with van der Waals surface area (Å²) in [5.74, 6) is 0. The summed E-state index contributed by atoms with van der Waals surface area (Å²) in [5, 5.41) is 21.2. The first-order valence-electron chi connectivity index (χ1n) is 10.8. The summed E-state index contributed by atoms with van der Waals surface area (Å²) < 4.78 is 0. The van der Waals surface area contributed by atoms with Crippen molar-refractivity contribution in [3.8, 4) is 0 Å². The molecule has 0 radical (unpaired) electrons. The zero-order valence-corrected chi connectivity index (χ0v) is 18.7. The molecule has 0 aromatic heterocycles. The highest BCUT2D eigenvalue weighted by molar-refractivity contribution is 8.93. The second-order valence-corrected chi connectivity index (χ2v) is 7.40. The number of rotatable bonds is 19. The van der Waals surface area contributed by atoms with Gasteiger partial charge in [0, 0.05) is 0 Å². The number of hydrogen-bond acceptors (Lipinski definition) is 3. The van der Waals surface area contributed by atoms with Crippen molar-refractivity contribution in [3.05, 3.63) is 0 Å². The molecule has 0 aliphatic rings. The summed E-state index contributed by atoms with van der Waals surface area (Å²) in [4.78, 5) is 0. The summed E-state index contributed by atoms with van der Waals surface area (Å²) in [6.45, 7) is 2.28. The minimum Gasteiger partial charge on any atom is -0.367 e. The molecule has 0 aromatic carbocycles. The van der Waals surface area contributed by atoms with Crippen LogP contribution in [0.2, 0.25) is 0 Å². The Morgan fingerprint density at radius 2 is 0.920 bits per heavy atom. The second-order valence-electron chi connectivity index (χ2n) is 7.40. The fraction of sp³-hybridized carbons (Fsp3) is 1.00.